The maximum atomic E-state index is 12.5. The van der Waals surface area contributed by atoms with E-state index in [1.807, 2.05) is 31.1 Å². The van der Waals surface area contributed by atoms with Crippen LogP contribution in [-0.2, 0) is 13.8 Å². The molecule has 2 unspecified atom stereocenters. The number of halogens is 1. The van der Waals surface area contributed by atoms with Crippen molar-refractivity contribution in [1.29, 1.82) is 0 Å². The van der Waals surface area contributed by atoms with E-state index in [4.69, 9.17) is 19.8 Å². The van der Waals surface area contributed by atoms with E-state index in [0.717, 1.165) is 6.42 Å². The van der Waals surface area contributed by atoms with Crippen LogP contribution in [0.4, 0.5) is 10.8 Å². The summed E-state index contributed by atoms with van der Waals surface area (Å²) < 4.78 is 35.8. The molecule has 0 aliphatic carbocycles. The molecule has 2 atom stereocenters. The molecule has 3 saturated heterocycles. The largest absolute Gasteiger partial charge is 0.444 e. The summed E-state index contributed by atoms with van der Waals surface area (Å²) >= 11 is 1.41. The second kappa shape index (κ2) is 7.32. The Labute approximate surface area is 193 Å². The minimum Gasteiger partial charge on any atom is -0.444 e. The lowest BCUT2D eigenvalue weighted by molar-refractivity contribution is -0.0386. The van der Waals surface area contributed by atoms with Gasteiger partial charge in [-0.05, 0) is 39.3 Å². The highest BCUT2D eigenvalue weighted by atomic mass is 35.7. The fourth-order valence-electron chi connectivity index (χ4n) is 4.21. The van der Waals surface area contributed by atoms with Gasteiger partial charge < -0.3 is 14.1 Å². The van der Waals surface area contributed by atoms with Crippen LogP contribution in [0.15, 0.2) is 33.0 Å². The summed E-state index contributed by atoms with van der Waals surface area (Å²) in [5.41, 5.74) is 0.581. The first-order chi connectivity index (χ1) is 15.0. The van der Waals surface area contributed by atoms with Crippen LogP contribution < -0.4 is 4.90 Å². The molecule has 32 heavy (non-hydrogen) atoms. The van der Waals surface area contributed by atoms with Crippen LogP contribution in [0.25, 0.3) is 21.7 Å². The summed E-state index contributed by atoms with van der Waals surface area (Å²) in [6, 6.07) is 3.31. The van der Waals surface area contributed by atoms with Gasteiger partial charge in [-0.25, -0.2) is 18.2 Å². The number of aromatic nitrogens is 2. The summed E-state index contributed by atoms with van der Waals surface area (Å²) in [5.74, 6) is 0. The van der Waals surface area contributed by atoms with Gasteiger partial charge in [-0.1, -0.05) is 0 Å². The zero-order valence-corrected chi connectivity index (χ0v) is 20.0. The van der Waals surface area contributed by atoms with E-state index >= 15 is 0 Å². The fraction of sp³-hybridized carbons (Fsp3) is 0.450. The first-order valence-corrected chi connectivity index (χ1v) is 13.2. The number of nitrogens with zero attached hydrogens (tertiary/aromatic N) is 4. The third-order valence-electron chi connectivity index (χ3n) is 5.49. The SMILES string of the molecule is CC(C)(C)OC(=O)N1C2CC1CN(c1nc3c(S(=O)(=O)Cl)ccc(-c4nccs4)c3o1)C2. The highest BCUT2D eigenvalue weighted by Gasteiger charge is 2.49. The molecule has 0 N–H and O–H groups in total. The summed E-state index contributed by atoms with van der Waals surface area (Å²) in [5, 5.41) is 2.52. The Morgan fingerprint density at radius 1 is 1.28 bits per heavy atom. The van der Waals surface area contributed by atoms with Gasteiger partial charge in [0.15, 0.2) is 5.58 Å². The number of oxazole rings is 1. The summed E-state index contributed by atoms with van der Waals surface area (Å²) in [6.45, 7) is 6.55. The van der Waals surface area contributed by atoms with Crippen molar-refractivity contribution in [3.63, 3.8) is 0 Å². The Morgan fingerprint density at radius 3 is 2.59 bits per heavy atom. The van der Waals surface area contributed by atoms with Crippen molar-refractivity contribution >= 4 is 54.3 Å². The topological polar surface area (TPSA) is 106 Å². The molecule has 3 fully saturated rings. The molecule has 1 aromatic carbocycles. The van der Waals surface area contributed by atoms with Gasteiger partial charge in [-0.2, -0.15) is 4.98 Å². The van der Waals surface area contributed by atoms with Crippen LogP contribution in [0.5, 0.6) is 0 Å². The molecule has 0 saturated carbocycles. The molecule has 170 valence electrons. The Morgan fingerprint density at radius 2 is 2.00 bits per heavy atom. The number of amides is 1. The average molecular weight is 497 g/mol. The van der Waals surface area contributed by atoms with Crippen LogP contribution in [0.3, 0.4) is 0 Å². The van der Waals surface area contributed by atoms with Crippen LogP contribution in [-0.4, -0.2) is 60.2 Å². The van der Waals surface area contributed by atoms with Gasteiger partial charge in [0.1, 0.15) is 21.0 Å². The van der Waals surface area contributed by atoms with Crippen molar-refractivity contribution in [3.05, 3.63) is 23.7 Å². The number of ether oxygens (including phenoxy) is 1. The molecule has 3 aromatic rings. The van der Waals surface area contributed by atoms with Crippen LogP contribution in [0.2, 0.25) is 0 Å². The van der Waals surface area contributed by atoms with Crippen LogP contribution >= 0.6 is 22.0 Å². The number of piperidine rings is 1. The quantitative estimate of drug-likeness (QED) is 0.499. The monoisotopic (exact) mass is 496 g/mol. The lowest BCUT2D eigenvalue weighted by Gasteiger charge is -2.55. The van der Waals surface area contributed by atoms with Gasteiger partial charge in [-0.3, -0.25) is 4.90 Å². The molecular weight excluding hydrogens is 476 g/mol. The predicted molar refractivity (Wildman–Crippen MR) is 121 cm³/mol. The number of hydrogen-bond acceptors (Lipinski definition) is 9. The highest BCUT2D eigenvalue weighted by Crippen LogP contribution is 2.40. The van der Waals surface area contributed by atoms with Crippen molar-refractivity contribution < 1.29 is 22.4 Å². The fourth-order valence-corrected chi connectivity index (χ4v) is 5.84. The molecule has 3 aliphatic rings. The number of hydrogen-bond donors (Lipinski definition) is 0. The molecular formula is C20H21ClN4O5S2. The molecule has 0 radical (unpaired) electrons. The minimum atomic E-state index is -4.03. The number of carbonyl (C=O) groups excluding carboxylic acids is 1. The molecule has 3 aliphatic heterocycles. The second-order valence-corrected chi connectivity index (χ2v) is 12.3. The first-order valence-electron chi connectivity index (χ1n) is 10.1. The minimum absolute atomic E-state index is 0.0201. The van der Waals surface area contributed by atoms with E-state index < -0.39 is 14.7 Å². The van der Waals surface area contributed by atoms with E-state index in [0.29, 0.717) is 35.3 Å². The zero-order valence-electron chi connectivity index (χ0n) is 17.6. The second-order valence-electron chi connectivity index (χ2n) is 8.90. The lowest BCUT2D eigenvalue weighted by Crippen LogP contribution is -2.70. The number of thiazole rings is 1. The van der Waals surface area contributed by atoms with Gasteiger partial charge in [0, 0.05) is 35.3 Å². The zero-order chi connectivity index (χ0) is 22.8. The third kappa shape index (κ3) is 3.71. The summed E-state index contributed by atoms with van der Waals surface area (Å²) in [4.78, 5) is 24.9. The molecule has 0 spiro atoms. The first kappa shape index (κ1) is 21.5. The predicted octanol–water partition coefficient (Wildman–Crippen LogP) is 4.08. The Balaban J connectivity index is 1.48. The van der Waals surface area contributed by atoms with E-state index in [9.17, 15) is 13.2 Å². The Kier molecular flexibility index (Phi) is 4.91. The molecule has 6 rings (SSSR count). The van der Waals surface area contributed by atoms with Crippen molar-refractivity contribution in [1.82, 2.24) is 14.9 Å². The Hall–Kier alpha value is -2.37. The average Bonchev–Trinajstić information content (AvgIpc) is 3.35. The lowest BCUT2D eigenvalue weighted by atomic mass is 9.88. The third-order valence-corrected chi connectivity index (χ3v) is 7.65. The van der Waals surface area contributed by atoms with Crippen molar-refractivity contribution in [2.24, 2.45) is 0 Å². The van der Waals surface area contributed by atoms with Crippen LogP contribution in [0, 0.1) is 0 Å². The van der Waals surface area contributed by atoms with Gasteiger partial charge >= 0.3 is 6.09 Å². The highest BCUT2D eigenvalue weighted by molar-refractivity contribution is 8.14. The molecule has 1 amide bonds. The van der Waals surface area contributed by atoms with Gasteiger partial charge in [0.2, 0.25) is 0 Å². The molecule has 12 heteroatoms. The van der Waals surface area contributed by atoms with E-state index in [2.05, 4.69) is 9.97 Å². The van der Waals surface area contributed by atoms with E-state index in [1.54, 1.807) is 17.2 Å². The maximum absolute atomic E-state index is 12.5. The summed E-state index contributed by atoms with van der Waals surface area (Å²) in [6.07, 6.45) is 2.22. The molecule has 9 nitrogen and oxygen atoms in total. The molecule has 5 heterocycles. The maximum Gasteiger partial charge on any atom is 0.410 e. The van der Waals surface area contributed by atoms with Crippen LogP contribution in [0.1, 0.15) is 27.2 Å². The number of carbonyl (C=O) groups is 1. The van der Waals surface area contributed by atoms with Crippen molar-refractivity contribution in [2.75, 3.05) is 18.0 Å². The van der Waals surface area contributed by atoms with Crippen molar-refractivity contribution in [2.45, 2.75) is 49.8 Å². The normalized spacial score (nSPS) is 21.0. The Bertz CT molecular complexity index is 1290. The number of anilines is 1. The number of benzene rings is 1. The van der Waals surface area contributed by atoms with Crippen molar-refractivity contribution in [3.8, 4) is 10.6 Å². The molecule has 2 bridgehead atoms. The van der Waals surface area contributed by atoms with Gasteiger partial charge in [-0.15, -0.1) is 11.3 Å². The van der Waals surface area contributed by atoms with E-state index in [1.165, 1.54) is 17.4 Å². The number of rotatable bonds is 3. The number of fused-ring (bicyclic) bond motifs is 3. The number of piperazine rings is 1. The standard InChI is InChI=1S/C20H21ClN4O5S2/c1-20(2,3)30-19(26)25-11-8-12(25)10-24(9-11)18-23-15-14(32(21,27)28)5-4-13(16(15)29-18)17-22-6-7-31-17/h4-7,11-12H,8-10H2,1-3H3. The summed E-state index contributed by atoms with van der Waals surface area (Å²) in [7, 11) is 1.63. The molecule has 2 aromatic heterocycles. The van der Waals surface area contributed by atoms with Gasteiger partial charge in [0.25, 0.3) is 15.1 Å². The van der Waals surface area contributed by atoms with Gasteiger partial charge in [0.05, 0.1) is 17.6 Å². The smallest absolute Gasteiger partial charge is 0.410 e. The van der Waals surface area contributed by atoms with E-state index in [-0.39, 0.29) is 28.6 Å².